The summed E-state index contributed by atoms with van der Waals surface area (Å²) >= 11 is 0. The highest BCUT2D eigenvalue weighted by Crippen LogP contribution is 2.32. The van der Waals surface area contributed by atoms with E-state index in [1.54, 1.807) is 42.5 Å². The number of benzene rings is 2. The average Bonchev–Trinajstić information content (AvgIpc) is 2.79. The Morgan fingerprint density at radius 2 is 1.71 bits per heavy atom. The van der Waals surface area contributed by atoms with Gasteiger partial charge in [0.05, 0.1) is 17.2 Å². The van der Waals surface area contributed by atoms with Gasteiger partial charge in [-0.2, -0.15) is 0 Å². The fraction of sp³-hybridized carbons (Fsp3) is 0.458. The van der Waals surface area contributed by atoms with Crippen molar-refractivity contribution < 1.29 is 17.9 Å². The van der Waals surface area contributed by atoms with Crippen LogP contribution in [0.5, 0.6) is 5.75 Å². The highest BCUT2D eigenvalue weighted by atomic mass is 32.2. The quantitative estimate of drug-likeness (QED) is 0.487. The van der Waals surface area contributed by atoms with Crippen LogP contribution in [0, 0.1) is 5.92 Å². The smallest absolute Gasteiger partial charge is 0.264 e. The third-order valence-corrected chi connectivity index (χ3v) is 6.96. The van der Waals surface area contributed by atoms with E-state index >= 15 is 0 Å². The predicted molar refractivity (Wildman–Crippen MR) is 125 cm³/mol. The molecule has 0 aromatic heterocycles. The molecule has 1 amide bonds. The minimum atomic E-state index is -3.96. The Hall–Kier alpha value is -2.54. The van der Waals surface area contributed by atoms with Gasteiger partial charge in [-0.1, -0.05) is 63.4 Å². The Labute approximate surface area is 186 Å². The first-order valence-corrected chi connectivity index (χ1v) is 12.4. The molecule has 0 bridgehead atoms. The first-order valence-electron chi connectivity index (χ1n) is 11.0. The second-order valence-electron chi connectivity index (χ2n) is 7.45. The molecule has 7 heteroatoms. The molecule has 0 saturated heterocycles. The Morgan fingerprint density at radius 3 is 2.35 bits per heavy atom. The van der Waals surface area contributed by atoms with Crippen molar-refractivity contribution in [3.05, 3.63) is 54.6 Å². The lowest BCUT2D eigenvalue weighted by Gasteiger charge is -2.26. The normalized spacial score (nSPS) is 12.2. The van der Waals surface area contributed by atoms with E-state index in [1.807, 2.05) is 6.92 Å². The number of nitrogens with zero attached hydrogens (tertiary/aromatic N) is 1. The number of sulfonamides is 1. The minimum Gasteiger partial charge on any atom is -0.492 e. The molecule has 0 unspecified atom stereocenters. The number of ether oxygens (including phenoxy) is 1. The molecule has 1 N–H and O–H groups in total. The molecular weight excluding hydrogens is 412 g/mol. The zero-order valence-electron chi connectivity index (χ0n) is 18.7. The summed E-state index contributed by atoms with van der Waals surface area (Å²) in [6.07, 6.45) is 4.25. The van der Waals surface area contributed by atoms with Gasteiger partial charge in [0.25, 0.3) is 10.0 Å². The van der Waals surface area contributed by atoms with E-state index in [0.717, 1.165) is 30.0 Å². The zero-order valence-corrected chi connectivity index (χ0v) is 19.5. The number of carbonyl (C=O) groups is 1. The molecule has 6 nitrogen and oxygen atoms in total. The van der Waals surface area contributed by atoms with Crippen LogP contribution in [0.2, 0.25) is 0 Å². The Balaban J connectivity index is 2.30. The summed E-state index contributed by atoms with van der Waals surface area (Å²) in [6.45, 7) is 6.70. The van der Waals surface area contributed by atoms with E-state index < -0.39 is 10.0 Å². The molecule has 0 saturated carbocycles. The van der Waals surface area contributed by atoms with Gasteiger partial charge >= 0.3 is 0 Å². The van der Waals surface area contributed by atoms with Crippen LogP contribution in [0.1, 0.15) is 46.5 Å². The molecule has 0 aliphatic rings. The molecular formula is C24H34N2O4S. The molecule has 1 atom stereocenters. The number of amides is 1. The fourth-order valence-corrected chi connectivity index (χ4v) is 4.80. The minimum absolute atomic E-state index is 0.128. The second kappa shape index (κ2) is 12.3. The van der Waals surface area contributed by atoms with Crippen LogP contribution in [0.4, 0.5) is 5.69 Å². The van der Waals surface area contributed by atoms with Crippen LogP contribution >= 0.6 is 0 Å². The lowest BCUT2D eigenvalue weighted by molar-refractivity contribution is -0.119. The van der Waals surface area contributed by atoms with Gasteiger partial charge in [-0.05, 0) is 43.5 Å². The van der Waals surface area contributed by atoms with Gasteiger partial charge < -0.3 is 10.1 Å². The molecule has 31 heavy (non-hydrogen) atoms. The standard InChI is InChI=1S/C24H34N2O4S/c1-4-7-13-20(5-2)18-25-24(27)19-26(22-16-11-12-17-23(22)30-6-3)31(28,29)21-14-9-8-10-15-21/h8-12,14-17,20H,4-7,13,18-19H2,1-3H3,(H,25,27)/t20-/m1/s1. The summed E-state index contributed by atoms with van der Waals surface area (Å²) in [6, 6.07) is 15.0. The Morgan fingerprint density at radius 1 is 1.03 bits per heavy atom. The van der Waals surface area contributed by atoms with Crippen molar-refractivity contribution in [1.29, 1.82) is 0 Å². The number of para-hydroxylation sites is 2. The summed E-state index contributed by atoms with van der Waals surface area (Å²) in [5.41, 5.74) is 0.348. The Kier molecular flexibility index (Phi) is 9.85. The summed E-state index contributed by atoms with van der Waals surface area (Å²) < 4.78 is 33.7. The average molecular weight is 447 g/mol. The molecule has 0 aliphatic heterocycles. The van der Waals surface area contributed by atoms with Gasteiger partial charge in [-0.15, -0.1) is 0 Å². The molecule has 0 radical (unpaired) electrons. The molecule has 2 aromatic carbocycles. The zero-order chi connectivity index (χ0) is 22.7. The number of hydrogen-bond donors (Lipinski definition) is 1. The van der Waals surface area contributed by atoms with E-state index in [0.29, 0.717) is 30.5 Å². The van der Waals surface area contributed by atoms with Gasteiger partial charge in [-0.3, -0.25) is 9.10 Å². The highest BCUT2D eigenvalue weighted by molar-refractivity contribution is 7.92. The summed E-state index contributed by atoms with van der Waals surface area (Å²) in [7, 11) is -3.96. The van der Waals surface area contributed by atoms with Crippen LogP contribution in [0.25, 0.3) is 0 Å². The van der Waals surface area contributed by atoms with Crippen molar-refractivity contribution in [2.45, 2.75) is 51.3 Å². The summed E-state index contributed by atoms with van der Waals surface area (Å²) in [4.78, 5) is 12.9. The number of anilines is 1. The van der Waals surface area contributed by atoms with Crippen LogP contribution in [-0.2, 0) is 14.8 Å². The molecule has 2 aromatic rings. The van der Waals surface area contributed by atoms with Crippen molar-refractivity contribution >= 4 is 21.6 Å². The van der Waals surface area contributed by atoms with Crippen molar-refractivity contribution in [2.24, 2.45) is 5.92 Å². The highest BCUT2D eigenvalue weighted by Gasteiger charge is 2.29. The molecule has 0 spiro atoms. The van der Waals surface area contributed by atoms with E-state index in [2.05, 4.69) is 19.2 Å². The number of rotatable bonds is 13. The van der Waals surface area contributed by atoms with Gasteiger partial charge in [0.1, 0.15) is 12.3 Å². The van der Waals surface area contributed by atoms with Crippen LogP contribution in [-0.4, -0.2) is 34.0 Å². The van der Waals surface area contributed by atoms with Crippen molar-refractivity contribution in [3.8, 4) is 5.75 Å². The van der Waals surface area contributed by atoms with Crippen molar-refractivity contribution in [1.82, 2.24) is 5.32 Å². The number of unbranched alkanes of at least 4 members (excludes halogenated alkanes) is 1. The van der Waals surface area contributed by atoms with Crippen LogP contribution in [0.3, 0.4) is 0 Å². The van der Waals surface area contributed by atoms with Gasteiger partial charge in [0.2, 0.25) is 5.91 Å². The summed E-state index contributed by atoms with van der Waals surface area (Å²) in [5, 5.41) is 2.93. The molecule has 0 aliphatic carbocycles. The fourth-order valence-electron chi connectivity index (χ4n) is 3.35. The van der Waals surface area contributed by atoms with E-state index in [9.17, 15) is 13.2 Å². The molecule has 0 fully saturated rings. The summed E-state index contributed by atoms with van der Waals surface area (Å²) in [5.74, 6) is 0.478. The van der Waals surface area contributed by atoms with E-state index in [-0.39, 0.29) is 17.3 Å². The molecule has 2 rings (SSSR count). The first kappa shape index (κ1) is 24.7. The van der Waals surface area contributed by atoms with Gasteiger partial charge in [0.15, 0.2) is 0 Å². The predicted octanol–water partition coefficient (Wildman–Crippen LogP) is 4.61. The largest absolute Gasteiger partial charge is 0.492 e. The monoisotopic (exact) mass is 446 g/mol. The van der Waals surface area contributed by atoms with E-state index in [4.69, 9.17) is 4.74 Å². The van der Waals surface area contributed by atoms with Gasteiger partial charge in [0, 0.05) is 6.54 Å². The number of hydrogen-bond acceptors (Lipinski definition) is 4. The van der Waals surface area contributed by atoms with Crippen molar-refractivity contribution in [3.63, 3.8) is 0 Å². The third kappa shape index (κ3) is 6.99. The van der Waals surface area contributed by atoms with Gasteiger partial charge in [-0.25, -0.2) is 8.42 Å². The maximum Gasteiger partial charge on any atom is 0.264 e. The van der Waals surface area contributed by atoms with E-state index in [1.165, 1.54) is 12.1 Å². The molecule has 170 valence electrons. The lowest BCUT2D eigenvalue weighted by Crippen LogP contribution is -2.42. The topological polar surface area (TPSA) is 75.7 Å². The van der Waals surface area contributed by atoms with Crippen LogP contribution < -0.4 is 14.4 Å². The van der Waals surface area contributed by atoms with Crippen molar-refractivity contribution in [2.75, 3.05) is 24.0 Å². The SMILES string of the molecule is CCCC[C@@H](CC)CNC(=O)CN(c1ccccc1OCC)S(=O)(=O)c1ccccc1. The number of carbonyl (C=O) groups excluding carboxylic acids is 1. The molecule has 0 heterocycles. The lowest BCUT2D eigenvalue weighted by atomic mass is 9.99. The maximum absolute atomic E-state index is 13.5. The number of nitrogens with one attached hydrogen (secondary N) is 1. The first-order chi connectivity index (χ1) is 14.9. The maximum atomic E-state index is 13.5. The second-order valence-corrected chi connectivity index (χ2v) is 9.31. The van der Waals surface area contributed by atoms with Crippen LogP contribution in [0.15, 0.2) is 59.5 Å². The third-order valence-electron chi connectivity index (χ3n) is 5.18. The Bertz CT molecular complexity index is 916.